The number of benzene rings is 1. The van der Waals surface area contributed by atoms with Crippen molar-refractivity contribution in [1.29, 1.82) is 0 Å². The van der Waals surface area contributed by atoms with Crippen molar-refractivity contribution in [2.24, 2.45) is 0 Å². The van der Waals surface area contributed by atoms with Gasteiger partial charge in [0.1, 0.15) is 11.3 Å². The third-order valence-electron chi connectivity index (χ3n) is 3.73. The number of para-hydroxylation sites is 1. The third kappa shape index (κ3) is 2.83. The van der Waals surface area contributed by atoms with Crippen LogP contribution in [0.3, 0.4) is 0 Å². The Balaban J connectivity index is 1.75. The van der Waals surface area contributed by atoms with Crippen molar-refractivity contribution >= 4 is 11.0 Å². The predicted octanol–water partition coefficient (Wildman–Crippen LogP) is 3.57. The Kier molecular flexibility index (Phi) is 3.75. The van der Waals surface area contributed by atoms with Crippen molar-refractivity contribution in [1.82, 2.24) is 15.0 Å². The maximum atomic E-state index is 5.91. The van der Waals surface area contributed by atoms with Crippen molar-refractivity contribution in [3.63, 3.8) is 0 Å². The smallest absolute Gasteiger partial charge is 0.240 e. The van der Waals surface area contributed by atoms with Gasteiger partial charge in [-0.1, -0.05) is 30.3 Å². The summed E-state index contributed by atoms with van der Waals surface area (Å²) in [6.07, 6.45) is 0.784. The first kappa shape index (κ1) is 13.8. The normalized spacial score (nSPS) is 13.1. The molecule has 1 atom stereocenters. The van der Waals surface area contributed by atoms with E-state index >= 15 is 0 Å². The molecule has 1 aromatic carbocycles. The molecule has 0 aliphatic heterocycles. The van der Waals surface area contributed by atoms with Crippen molar-refractivity contribution in [3.8, 4) is 0 Å². The van der Waals surface area contributed by atoms with Gasteiger partial charge in [0, 0.05) is 11.8 Å². The fourth-order valence-electron chi connectivity index (χ4n) is 2.27. The number of furan rings is 1. The zero-order chi connectivity index (χ0) is 14.8. The minimum atomic E-state index is 0.134. The summed E-state index contributed by atoms with van der Waals surface area (Å²) in [6.45, 7) is 4.72. The second-order valence-corrected chi connectivity index (χ2v) is 5.24. The fraction of sp³-hybridized carbons (Fsp3) is 0.375. The number of rotatable bonds is 5. The average molecular weight is 285 g/mol. The lowest BCUT2D eigenvalue weighted by Gasteiger charge is -2.20. The third-order valence-corrected chi connectivity index (χ3v) is 3.73. The molecule has 2 heterocycles. The van der Waals surface area contributed by atoms with Crippen LogP contribution in [-0.2, 0) is 13.0 Å². The van der Waals surface area contributed by atoms with Crippen LogP contribution in [0.1, 0.15) is 37.4 Å². The molecule has 0 saturated heterocycles. The first-order valence-corrected chi connectivity index (χ1v) is 7.17. The highest BCUT2D eigenvalue weighted by molar-refractivity contribution is 5.77. The summed E-state index contributed by atoms with van der Waals surface area (Å²) in [5.74, 6) is 2.32. The predicted molar refractivity (Wildman–Crippen MR) is 79.8 cm³/mol. The molecule has 0 N–H and O–H groups in total. The molecule has 3 rings (SSSR count). The molecule has 3 aromatic rings. The second kappa shape index (κ2) is 5.69. The van der Waals surface area contributed by atoms with Gasteiger partial charge in [0.05, 0.1) is 12.6 Å². The summed E-state index contributed by atoms with van der Waals surface area (Å²) in [5.41, 5.74) is 0.916. The number of fused-ring (bicyclic) bond motifs is 1. The average Bonchev–Trinajstić information content (AvgIpc) is 3.12. The molecule has 0 bridgehead atoms. The lowest BCUT2D eigenvalue weighted by Crippen LogP contribution is -2.21. The summed E-state index contributed by atoms with van der Waals surface area (Å²) >= 11 is 0. The number of nitrogens with zero attached hydrogens (tertiary/aromatic N) is 3. The lowest BCUT2D eigenvalue weighted by atomic mass is 10.2. The lowest BCUT2D eigenvalue weighted by molar-refractivity contribution is 0.198. The van der Waals surface area contributed by atoms with Gasteiger partial charge >= 0.3 is 0 Å². The van der Waals surface area contributed by atoms with Crippen LogP contribution in [0.5, 0.6) is 0 Å². The first-order chi connectivity index (χ1) is 10.2. The van der Waals surface area contributed by atoms with Gasteiger partial charge in [0.2, 0.25) is 5.89 Å². The van der Waals surface area contributed by atoms with E-state index in [9.17, 15) is 0 Å². The van der Waals surface area contributed by atoms with Gasteiger partial charge in [-0.25, -0.2) is 0 Å². The summed E-state index contributed by atoms with van der Waals surface area (Å²) < 4.78 is 11.1. The van der Waals surface area contributed by atoms with Gasteiger partial charge in [-0.05, 0) is 26.1 Å². The molecule has 110 valence electrons. The molecule has 2 aromatic heterocycles. The highest BCUT2D eigenvalue weighted by Crippen LogP contribution is 2.27. The topological polar surface area (TPSA) is 55.3 Å². The Morgan fingerprint density at radius 3 is 2.81 bits per heavy atom. The Bertz CT molecular complexity index is 699. The zero-order valence-corrected chi connectivity index (χ0v) is 12.5. The van der Waals surface area contributed by atoms with Crippen LogP contribution >= 0.6 is 0 Å². The SMILES string of the molecule is CCc1noc(CN(C)C(C)c2cc3ccccc3o2)n1. The van der Waals surface area contributed by atoms with Crippen molar-refractivity contribution < 1.29 is 8.94 Å². The number of aromatic nitrogens is 2. The molecule has 0 aliphatic carbocycles. The minimum Gasteiger partial charge on any atom is -0.459 e. The number of hydrogen-bond donors (Lipinski definition) is 0. The van der Waals surface area contributed by atoms with E-state index in [1.807, 2.05) is 32.2 Å². The van der Waals surface area contributed by atoms with Crippen molar-refractivity contribution in [3.05, 3.63) is 47.8 Å². The Hall–Kier alpha value is -2.14. The van der Waals surface area contributed by atoms with Crippen molar-refractivity contribution in [2.75, 3.05) is 7.05 Å². The molecule has 0 spiro atoms. The van der Waals surface area contributed by atoms with E-state index in [0.29, 0.717) is 12.4 Å². The standard InChI is InChI=1S/C16H19N3O2/c1-4-15-17-16(21-18-15)10-19(3)11(2)14-9-12-7-5-6-8-13(12)20-14/h5-9,11H,4,10H2,1-3H3. The maximum Gasteiger partial charge on any atom is 0.240 e. The molecule has 0 radical (unpaired) electrons. The van der Waals surface area contributed by atoms with Crippen LogP contribution in [0, 0.1) is 0 Å². The highest BCUT2D eigenvalue weighted by atomic mass is 16.5. The van der Waals surface area contributed by atoms with Crippen LogP contribution in [0.25, 0.3) is 11.0 Å². The van der Waals surface area contributed by atoms with E-state index in [1.165, 1.54) is 0 Å². The molecule has 21 heavy (non-hydrogen) atoms. The summed E-state index contributed by atoms with van der Waals surface area (Å²) in [6, 6.07) is 10.3. The quantitative estimate of drug-likeness (QED) is 0.717. The minimum absolute atomic E-state index is 0.134. The monoisotopic (exact) mass is 285 g/mol. The molecule has 0 amide bonds. The van der Waals surface area contributed by atoms with E-state index in [4.69, 9.17) is 8.94 Å². The fourth-order valence-corrected chi connectivity index (χ4v) is 2.27. The molecule has 0 aliphatic rings. The van der Waals surface area contributed by atoms with Gasteiger partial charge in [-0.15, -0.1) is 0 Å². The van der Waals surface area contributed by atoms with Crippen LogP contribution < -0.4 is 0 Å². The second-order valence-electron chi connectivity index (χ2n) is 5.24. The van der Waals surface area contributed by atoms with Gasteiger partial charge in [-0.2, -0.15) is 4.98 Å². The van der Waals surface area contributed by atoms with Gasteiger partial charge < -0.3 is 8.94 Å². The van der Waals surface area contributed by atoms with Crippen molar-refractivity contribution in [2.45, 2.75) is 32.9 Å². The first-order valence-electron chi connectivity index (χ1n) is 7.17. The summed E-state index contributed by atoms with van der Waals surface area (Å²) in [4.78, 5) is 6.47. The van der Waals surface area contributed by atoms with Crippen LogP contribution in [0.15, 0.2) is 39.3 Å². The van der Waals surface area contributed by atoms with Gasteiger partial charge in [0.25, 0.3) is 0 Å². The van der Waals surface area contributed by atoms with Gasteiger partial charge in [-0.3, -0.25) is 4.90 Å². The highest BCUT2D eigenvalue weighted by Gasteiger charge is 2.18. The Morgan fingerprint density at radius 2 is 2.10 bits per heavy atom. The van der Waals surface area contributed by atoms with E-state index < -0.39 is 0 Å². The Labute approximate surface area is 123 Å². The number of aryl methyl sites for hydroxylation is 1. The molecule has 5 heteroatoms. The molecule has 0 saturated carbocycles. The molecular formula is C16H19N3O2. The number of hydrogen-bond acceptors (Lipinski definition) is 5. The summed E-state index contributed by atoms with van der Waals surface area (Å²) in [7, 11) is 2.02. The van der Waals surface area contributed by atoms with E-state index in [0.717, 1.165) is 29.0 Å². The molecular weight excluding hydrogens is 266 g/mol. The largest absolute Gasteiger partial charge is 0.459 e. The van der Waals surface area contributed by atoms with E-state index in [-0.39, 0.29) is 6.04 Å². The molecule has 0 fully saturated rings. The molecule has 1 unspecified atom stereocenters. The van der Waals surface area contributed by atoms with Crippen LogP contribution in [-0.4, -0.2) is 22.1 Å². The zero-order valence-electron chi connectivity index (χ0n) is 12.5. The van der Waals surface area contributed by atoms with Crippen LogP contribution in [0.4, 0.5) is 0 Å². The van der Waals surface area contributed by atoms with Crippen LogP contribution in [0.2, 0.25) is 0 Å². The summed E-state index contributed by atoms with van der Waals surface area (Å²) in [5, 5.41) is 5.04. The molecule has 5 nitrogen and oxygen atoms in total. The van der Waals surface area contributed by atoms with E-state index in [2.05, 4.69) is 34.1 Å². The van der Waals surface area contributed by atoms with Gasteiger partial charge in [0.15, 0.2) is 5.82 Å². The van der Waals surface area contributed by atoms with E-state index in [1.54, 1.807) is 0 Å². The maximum absolute atomic E-state index is 5.91. The Morgan fingerprint density at radius 1 is 1.29 bits per heavy atom.